The van der Waals surface area contributed by atoms with E-state index in [-0.39, 0.29) is 43.1 Å². The van der Waals surface area contributed by atoms with Crippen molar-refractivity contribution in [3.05, 3.63) is 0 Å². The molecule has 1 N–H and O–H groups in total. The van der Waals surface area contributed by atoms with Gasteiger partial charge >= 0.3 is 138 Å². The van der Waals surface area contributed by atoms with E-state index < -0.39 is 0 Å². The van der Waals surface area contributed by atoms with Gasteiger partial charge in [0.15, 0.2) is 0 Å². The molecule has 7 atom stereocenters. The van der Waals surface area contributed by atoms with E-state index in [4.69, 9.17) is 9.47 Å². The van der Waals surface area contributed by atoms with Crippen LogP contribution in [-0.4, -0.2) is 26.8 Å². The topological polar surface area (TPSA) is 57.5 Å². The van der Waals surface area contributed by atoms with Gasteiger partial charge in [-0.05, 0) is 0 Å². The third-order valence-electron chi connectivity index (χ3n) is 5.60. The van der Waals surface area contributed by atoms with Gasteiger partial charge in [-0.15, -0.1) is 0 Å². The van der Waals surface area contributed by atoms with Crippen molar-refractivity contribution >= 4 is 28.6 Å². The Labute approximate surface area is 137 Å². The summed E-state index contributed by atoms with van der Waals surface area (Å²) in [5.41, 5.74) is 0.0843. The van der Waals surface area contributed by atoms with Crippen molar-refractivity contribution < 1.29 is 35.7 Å². The van der Waals surface area contributed by atoms with Crippen LogP contribution >= 0.6 is 22.6 Å². The summed E-state index contributed by atoms with van der Waals surface area (Å²) in [5, 5.41) is 0. The monoisotopic (exact) mass is 490 g/mol. The number of halogens is 2. The molecule has 4 fully saturated rings. The number of carbonyl (C=O) groups excluding carboxylic acids is 1. The van der Waals surface area contributed by atoms with Gasteiger partial charge in [0.05, 0.1) is 0 Å². The number of alkyl halides is 2. The van der Waals surface area contributed by atoms with Gasteiger partial charge in [0, 0.05) is 0 Å². The summed E-state index contributed by atoms with van der Waals surface area (Å²) >= 11 is 2.26. The van der Waals surface area contributed by atoms with Crippen molar-refractivity contribution in [2.24, 2.45) is 23.2 Å². The van der Waals surface area contributed by atoms with Crippen molar-refractivity contribution in [1.82, 2.24) is 3.53 Å². The summed E-state index contributed by atoms with van der Waals surface area (Å²) < 4.78 is 15.3. The maximum absolute atomic E-state index is 12.2. The van der Waals surface area contributed by atoms with E-state index in [1.807, 2.05) is 0 Å². The van der Waals surface area contributed by atoms with Crippen LogP contribution in [0.25, 0.3) is 0 Å². The molecule has 2 heterocycles. The van der Waals surface area contributed by atoms with Gasteiger partial charge in [-0.2, -0.15) is 0 Å². The van der Waals surface area contributed by atoms with Gasteiger partial charge in [-0.25, -0.2) is 0 Å². The van der Waals surface area contributed by atoms with Crippen molar-refractivity contribution in [2.45, 2.75) is 40.4 Å². The average Bonchev–Trinajstić information content (AvgIpc) is 2.94. The Bertz CT molecular complexity index is 417. The van der Waals surface area contributed by atoms with Crippen molar-refractivity contribution in [2.75, 3.05) is 6.61 Å². The van der Waals surface area contributed by atoms with E-state index in [1.54, 1.807) is 0 Å². The molecule has 2 saturated heterocycles. The predicted molar refractivity (Wildman–Crippen MR) is 73.0 cm³/mol. The third kappa shape index (κ3) is 1.99. The average molecular weight is 490 g/mol. The number of fused-ring (bicyclic) bond motifs is 5. The zero-order chi connectivity index (χ0) is 13.2. The Hall–Kier alpha value is 0.850. The van der Waals surface area contributed by atoms with Crippen molar-refractivity contribution in [1.29, 1.82) is 0 Å². The van der Waals surface area contributed by atoms with Gasteiger partial charge < -0.3 is 0 Å². The van der Waals surface area contributed by atoms with Crippen LogP contribution in [-0.2, 0) is 14.3 Å². The Morgan fingerprint density at radius 1 is 1.58 bits per heavy atom. The molecule has 0 aromatic heterocycles. The SMILES string of the molecule is CC12C3CCC(C3)C1COC2OC(=O)C(I)C1N[I-]1. The minimum absolute atomic E-state index is 0.0322. The summed E-state index contributed by atoms with van der Waals surface area (Å²) in [4.78, 5) is 12.2. The molecule has 2 aliphatic carbocycles. The first kappa shape index (κ1) is 13.5. The van der Waals surface area contributed by atoms with Crippen molar-refractivity contribution in [3.63, 3.8) is 0 Å². The molecule has 4 nitrogen and oxygen atoms in total. The van der Waals surface area contributed by atoms with Crippen LogP contribution in [0.1, 0.15) is 26.2 Å². The van der Waals surface area contributed by atoms with E-state index in [9.17, 15) is 4.79 Å². The molecule has 2 aliphatic heterocycles. The first-order valence-electron chi connectivity index (χ1n) is 6.95. The zero-order valence-electron chi connectivity index (χ0n) is 10.8. The fraction of sp³-hybridized carbons (Fsp3) is 0.923. The van der Waals surface area contributed by atoms with E-state index in [0.29, 0.717) is 15.9 Å². The van der Waals surface area contributed by atoms with Gasteiger partial charge in [-0.3, -0.25) is 0 Å². The molecule has 2 saturated carbocycles. The molecule has 7 unspecified atom stereocenters. The van der Waals surface area contributed by atoms with Gasteiger partial charge in [-0.1, -0.05) is 0 Å². The normalized spacial score (nSPS) is 52.4. The fourth-order valence-electron chi connectivity index (χ4n) is 4.41. The van der Waals surface area contributed by atoms with E-state index in [2.05, 4.69) is 33.0 Å². The molecule has 19 heavy (non-hydrogen) atoms. The van der Waals surface area contributed by atoms with Crippen LogP contribution in [0.3, 0.4) is 0 Å². The number of rotatable bonds is 3. The second-order valence-electron chi connectivity index (χ2n) is 6.37. The van der Waals surface area contributed by atoms with Crippen LogP contribution in [0.4, 0.5) is 0 Å². The molecule has 2 bridgehead atoms. The second-order valence-corrected chi connectivity index (χ2v) is 10.3. The van der Waals surface area contributed by atoms with Crippen LogP contribution in [0.15, 0.2) is 0 Å². The number of carbonyl (C=O) groups is 1. The van der Waals surface area contributed by atoms with Gasteiger partial charge in [0.1, 0.15) is 0 Å². The number of hydrogen-bond donors (Lipinski definition) is 1. The third-order valence-corrected chi connectivity index (χ3v) is 10.3. The van der Waals surface area contributed by atoms with E-state index in [1.165, 1.54) is 19.3 Å². The molecule has 6 heteroatoms. The number of ether oxygens (including phenoxy) is 2. The predicted octanol–water partition coefficient (Wildman–Crippen LogP) is -1.32. The van der Waals surface area contributed by atoms with E-state index >= 15 is 0 Å². The molecule has 0 spiro atoms. The molecule has 0 aromatic rings. The van der Waals surface area contributed by atoms with Crippen LogP contribution in [0.2, 0.25) is 0 Å². The standard InChI is InChI=1S/C13H18I2NO3/c1-13-7-3-2-6(4-7)8(13)5-18-12(13)19-11(17)9(14)10-15-16-10/h6-10,12,16H,2-5H2,1H3/q-1. The van der Waals surface area contributed by atoms with E-state index in [0.717, 1.165) is 12.5 Å². The number of hydrogen-bond acceptors (Lipinski definition) is 4. The zero-order valence-corrected chi connectivity index (χ0v) is 15.1. The van der Waals surface area contributed by atoms with Gasteiger partial charge in [0.2, 0.25) is 0 Å². The Morgan fingerprint density at radius 3 is 3.11 bits per heavy atom. The quantitative estimate of drug-likeness (QED) is 0.133. The van der Waals surface area contributed by atoms with Crippen LogP contribution < -0.4 is 25.0 Å². The first-order chi connectivity index (χ1) is 9.10. The summed E-state index contributed by atoms with van der Waals surface area (Å²) in [7, 11) is 0. The molecule has 0 amide bonds. The summed E-state index contributed by atoms with van der Waals surface area (Å²) in [6.45, 7) is 3.08. The summed E-state index contributed by atoms with van der Waals surface area (Å²) in [5.74, 6) is 2.04. The maximum atomic E-state index is 12.2. The molecule has 4 rings (SSSR count). The number of esters is 1. The summed E-state index contributed by atoms with van der Waals surface area (Å²) in [6.07, 6.45) is 3.66. The first-order valence-corrected chi connectivity index (χ1v) is 10.5. The Morgan fingerprint density at radius 2 is 2.37 bits per heavy atom. The van der Waals surface area contributed by atoms with Crippen LogP contribution in [0, 0.1) is 23.2 Å². The Kier molecular flexibility index (Phi) is 3.32. The molecular formula is C13H18I2NO3-. The molecule has 4 aliphatic rings. The minimum atomic E-state index is -0.297. The van der Waals surface area contributed by atoms with Crippen LogP contribution in [0.5, 0.6) is 0 Å². The van der Waals surface area contributed by atoms with Gasteiger partial charge in [0.25, 0.3) is 0 Å². The number of nitrogens with one attached hydrogen (secondary N) is 1. The fourth-order valence-corrected chi connectivity index (χ4v) is 7.51. The second kappa shape index (κ2) is 4.67. The summed E-state index contributed by atoms with van der Waals surface area (Å²) in [6, 6.07) is 0. The molecular weight excluding hydrogens is 472 g/mol. The Balaban J connectivity index is 1.48. The molecule has 108 valence electrons. The van der Waals surface area contributed by atoms with Crippen molar-refractivity contribution in [3.8, 4) is 0 Å². The molecule has 0 aromatic carbocycles. The molecule has 0 radical (unpaired) electrons.